The van der Waals surface area contributed by atoms with Crippen LogP contribution in [0.5, 0.6) is 0 Å². The van der Waals surface area contributed by atoms with Gasteiger partial charge in [0.15, 0.2) is 0 Å². The molecule has 0 radical (unpaired) electrons. The van der Waals surface area contributed by atoms with E-state index in [1.54, 1.807) is 6.92 Å². The molecule has 1 rings (SSSR count). The second kappa shape index (κ2) is 4.63. The van der Waals surface area contributed by atoms with Crippen LogP contribution in [0.25, 0.3) is 0 Å². The lowest BCUT2D eigenvalue weighted by Gasteiger charge is -2.14. The highest BCUT2D eigenvalue weighted by Crippen LogP contribution is 2.29. The average molecular weight is 288 g/mol. The monoisotopic (exact) mass is 287 g/mol. The van der Waals surface area contributed by atoms with Crippen molar-refractivity contribution in [2.75, 3.05) is 6.54 Å². The Balaban J connectivity index is 2.51. The highest BCUT2D eigenvalue weighted by atomic mass is 79.9. The molecule has 1 aromatic rings. The van der Waals surface area contributed by atoms with Crippen molar-refractivity contribution in [3.8, 4) is 0 Å². The molecule has 0 spiro atoms. The molecule has 1 unspecified atom stereocenters. The quantitative estimate of drug-likeness (QED) is 0.893. The van der Waals surface area contributed by atoms with E-state index in [1.807, 2.05) is 11.4 Å². The van der Waals surface area contributed by atoms with E-state index in [2.05, 4.69) is 21.2 Å². The summed E-state index contributed by atoms with van der Waals surface area (Å²) >= 11 is 4.71. The minimum absolute atomic E-state index is 0.286. The second-order valence-corrected chi connectivity index (χ2v) is 4.65. The minimum atomic E-state index is -4.15. The lowest BCUT2D eigenvalue weighted by molar-refractivity contribution is -0.126. The van der Waals surface area contributed by atoms with Crippen LogP contribution in [0.3, 0.4) is 0 Å². The zero-order valence-corrected chi connectivity index (χ0v) is 9.76. The molecule has 0 saturated heterocycles. The number of hydrogen-bond acceptors (Lipinski definition) is 2. The smallest absolute Gasteiger partial charge is 0.301 e. The standard InChI is InChI=1S/C8H9BrF3NS/c1-5(13-4-8(10,11)12)7-6(9)2-3-14-7/h2-3,5,13H,4H2,1H3. The zero-order chi connectivity index (χ0) is 10.8. The van der Waals surface area contributed by atoms with Gasteiger partial charge >= 0.3 is 6.18 Å². The van der Waals surface area contributed by atoms with Crippen LogP contribution in [0.2, 0.25) is 0 Å². The average Bonchev–Trinajstić information content (AvgIpc) is 2.46. The molecule has 1 atom stereocenters. The van der Waals surface area contributed by atoms with E-state index in [-0.39, 0.29) is 6.04 Å². The Morgan fingerprint density at radius 2 is 2.21 bits per heavy atom. The fourth-order valence-electron chi connectivity index (χ4n) is 0.976. The molecule has 0 aliphatic heterocycles. The van der Waals surface area contributed by atoms with Gasteiger partial charge in [0, 0.05) is 15.4 Å². The zero-order valence-electron chi connectivity index (χ0n) is 7.36. The molecule has 1 aromatic heterocycles. The Morgan fingerprint density at radius 1 is 1.57 bits per heavy atom. The first kappa shape index (κ1) is 12.0. The number of alkyl halides is 3. The first-order valence-electron chi connectivity index (χ1n) is 3.93. The Kier molecular flexibility index (Phi) is 3.97. The van der Waals surface area contributed by atoms with Crippen molar-refractivity contribution in [2.45, 2.75) is 19.1 Å². The fraction of sp³-hybridized carbons (Fsp3) is 0.500. The van der Waals surface area contributed by atoms with Crippen molar-refractivity contribution in [2.24, 2.45) is 0 Å². The Morgan fingerprint density at radius 3 is 2.64 bits per heavy atom. The Labute approximate surface area is 92.4 Å². The van der Waals surface area contributed by atoms with Gasteiger partial charge in [-0.25, -0.2) is 0 Å². The molecule has 0 aliphatic rings. The molecule has 14 heavy (non-hydrogen) atoms. The molecule has 0 aromatic carbocycles. The number of nitrogens with one attached hydrogen (secondary N) is 1. The summed E-state index contributed by atoms with van der Waals surface area (Å²) in [5, 5.41) is 4.26. The third-order valence-electron chi connectivity index (χ3n) is 1.65. The third-order valence-corrected chi connectivity index (χ3v) is 3.70. The van der Waals surface area contributed by atoms with E-state index in [4.69, 9.17) is 0 Å². The van der Waals surface area contributed by atoms with Crippen molar-refractivity contribution < 1.29 is 13.2 Å². The molecule has 1 nitrogen and oxygen atoms in total. The highest BCUT2D eigenvalue weighted by Gasteiger charge is 2.27. The molecule has 6 heteroatoms. The van der Waals surface area contributed by atoms with E-state index in [0.29, 0.717) is 0 Å². The van der Waals surface area contributed by atoms with E-state index in [1.165, 1.54) is 11.3 Å². The molecule has 0 fully saturated rings. The summed E-state index contributed by atoms with van der Waals surface area (Å²) < 4.78 is 36.5. The van der Waals surface area contributed by atoms with Crippen LogP contribution in [-0.2, 0) is 0 Å². The Hall–Kier alpha value is -0.0700. The maximum Gasteiger partial charge on any atom is 0.401 e. The third kappa shape index (κ3) is 3.59. The summed E-state index contributed by atoms with van der Waals surface area (Å²) in [7, 11) is 0. The lowest BCUT2D eigenvalue weighted by atomic mass is 10.3. The number of halogens is 4. The normalized spacial score (nSPS) is 14.4. The maximum atomic E-state index is 11.9. The molecular formula is C8H9BrF3NS. The summed E-state index contributed by atoms with van der Waals surface area (Å²) in [5.41, 5.74) is 0. The van der Waals surface area contributed by atoms with Crippen molar-refractivity contribution >= 4 is 27.3 Å². The SMILES string of the molecule is CC(NCC(F)(F)F)c1sccc1Br. The van der Waals surface area contributed by atoms with Gasteiger partial charge in [0.2, 0.25) is 0 Å². The molecule has 0 amide bonds. The van der Waals surface area contributed by atoms with E-state index in [9.17, 15) is 13.2 Å². The van der Waals surface area contributed by atoms with Gasteiger partial charge in [0.05, 0.1) is 6.54 Å². The van der Waals surface area contributed by atoms with Gasteiger partial charge in [-0.05, 0) is 34.3 Å². The Bertz CT molecular complexity index is 297. The molecular weight excluding hydrogens is 279 g/mol. The minimum Gasteiger partial charge on any atom is -0.301 e. The summed E-state index contributed by atoms with van der Waals surface area (Å²) in [6.07, 6.45) is -4.15. The number of rotatable bonds is 3. The number of thiophene rings is 1. The first-order valence-corrected chi connectivity index (χ1v) is 5.60. The fourth-order valence-corrected chi connectivity index (χ4v) is 2.73. The van der Waals surface area contributed by atoms with Gasteiger partial charge in [-0.1, -0.05) is 0 Å². The van der Waals surface area contributed by atoms with Gasteiger partial charge in [-0.2, -0.15) is 13.2 Å². The van der Waals surface area contributed by atoms with Gasteiger partial charge in [-0.3, -0.25) is 0 Å². The molecule has 0 saturated carbocycles. The van der Waals surface area contributed by atoms with Crippen LogP contribution in [0.15, 0.2) is 15.9 Å². The largest absolute Gasteiger partial charge is 0.401 e. The van der Waals surface area contributed by atoms with Gasteiger partial charge in [0.25, 0.3) is 0 Å². The predicted octanol–water partition coefficient (Wildman–Crippen LogP) is 3.72. The molecule has 0 aliphatic carbocycles. The van der Waals surface area contributed by atoms with Crippen molar-refractivity contribution in [3.05, 3.63) is 20.8 Å². The van der Waals surface area contributed by atoms with Crippen LogP contribution in [0.1, 0.15) is 17.8 Å². The van der Waals surface area contributed by atoms with E-state index < -0.39 is 12.7 Å². The summed E-state index contributed by atoms with van der Waals surface area (Å²) in [5.74, 6) is 0. The van der Waals surface area contributed by atoms with Gasteiger partial charge in [0.1, 0.15) is 0 Å². The maximum absolute atomic E-state index is 11.9. The molecule has 80 valence electrons. The lowest BCUT2D eigenvalue weighted by Crippen LogP contribution is -2.30. The van der Waals surface area contributed by atoms with Crippen LogP contribution in [0, 0.1) is 0 Å². The number of hydrogen-bond donors (Lipinski definition) is 1. The molecule has 1 N–H and O–H groups in total. The predicted molar refractivity (Wildman–Crippen MR) is 54.5 cm³/mol. The van der Waals surface area contributed by atoms with Gasteiger partial charge < -0.3 is 5.32 Å². The first-order chi connectivity index (χ1) is 6.40. The summed E-state index contributed by atoms with van der Waals surface area (Å²) in [6.45, 7) is 0.751. The second-order valence-electron chi connectivity index (χ2n) is 2.85. The molecule has 0 bridgehead atoms. The van der Waals surface area contributed by atoms with Crippen LogP contribution >= 0.6 is 27.3 Å². The van der Waals surface area contributed by atoms with Crippen molar-refractivity contribution in [3.63, 3.8) is 0 Å². The van der Waals surface area contributed by atoms with E-state index in [0.717, 1.165) is 9.35 Å². The topological polar surface area (TPSA) is 12.0 Å². The van der Waals surface area contributed by atoms with Crippen molar-refractivity contribution in [1.82, 2.24) is 5.32 Å². The summed E-state index contributed by atoms with van der Waals surface area (Å²) in [6, 6.07) is 1.54. The van der Waals surface area contributed by atoms with Crippen molar-refractivity contribution in [1.29, 1.82) is 0 Å². The molecule has 1 heterocycles. The summed E-state index contributed by atoms with van der Waals surface area (Å²) in [4.78, 5) is 0.884. The van der Waals surface area contributed by atoms with Gasteiger partial charge in [-0.15, -0.1) is 11.3 Å². The van der Waals surface area contributed by atoms with E-state index >= 15 is 0 Å². The highest BCUT2D eigenvalue weighted by molar-refractivity contribution is 9.10. The van der Waals surface area contributed by atoms with Crippen LogP contribution in [-0.4, -0.2) is 12.7 Å². The van der Waals surface area contributed by atoms with Crippen LogP contribution < -0.4 is 5.32 Å². The van der Waals surface area contributed by atoms with Crippen LogP contribution in [0.4, 0.5) is 13.2 Å².